The molecule has 1 aliphatic heterocycles. The van der Waals surface area contributed by atoms with Crippen molar-refractivity contribution in [3.63, 3.8) is 0 Å². The summed E-state index contributed by atoms with van der Waals surface area (Å²) in [5.74, 6) is 0. The van der Waals surface area contributed by atoms with E-state index in [0.717, 1.165) is 6.04 Å². The SMILES string of the molecule is CC1CCCCN1.[HH].[Y]. The molecule has 0 aromatic rings. The van der Waals surface area contributed by atoms with E-state index in [2.05, 4.69) is 12.2 Å². The molecule has 2 heteroatoms. The Kier molecular flexibility index (Phi) is 5.55. The van der Waals surface area contributed by atoms with Gasteiger partial charge in [-0.05, 0) is 26.3 Å². The first-order valence-corrected chi connectivity index (χ1v) is 3.13. The first-order chi connectivity index (χ1) is 3.39. The Balaban J connectivity index is 0. The van der Waals surface area contributed by atoms with Crippen LogP contribution >= 0.6 is 0 Å². The minimum absolute atomic E-state index is 0. The molecule has 1 saturated heterocycles. The summed E-state index contributed by atoms with van der Waals surface area (Å²) >= 11 is 0. The Morgan fingerprint density at radius 2 is 2.25 bits per heavy atom. The predicted octanol–water partition coefficient (Wildman–Crippen LogP) is 1.39. The maximum Gasteiger partial charge on any atom is 0.00387 e. The molecule has 1 atom stereocenters. The van der Waals surface area contributed by atoms with Gasteiger partial charge in [0, 0.05) is 40.2 Å². The summed E-state index contributed by atoms with van der Waals surface area (Å²) < 4.78 is 0. The molecule has 0 aliphatic carbocycles. The average molecular weight is 190 g/mol. The number of nitrogens with one attached hydrogen (secondary N) is 1. The standard InChI is InChI=1S/C6H13N.Y.H2/c1-6-4-2-3-5-7-6;;/h6-7H,2-5H2,1H3;;1H. The second-order valence-corrected chi connectivity index (χ2v) is 2.35. The van der Waals surface area contributed by atoms with E-state index in [1.165, 1.54) is 25.8 Å². The molecule has 47 valence electrons. The summed E-state index contributed by atoms with van der Waals surface area (Å²) in [6.45, 7) is 3.49. The van der Waals surface area contributed by atoms with E-state index >= 15 is 0 Å². The van der Waals surface area contributed by atoms with Crippen LogP contribution in [0.15, 0.2) is 0 Å². The molecule has 1 nitrogen and oxygen atoms in total. The van der Waals surface area contributed by atoms with E-state index < -0.39 is 0 Å². The maximum absolute atomic E-state index is 3.38. The quantitative estimate of drug-likeness (QED) is 0.608. The van der Waals surface area contributed by atoms with Gasteiger partial charge in [0.2, 0.25) is 0 Å². The zero-order valence-corrected chi connectivity index (χ0v) is 8.32. The number of piperidine rings is 1. The number of hydrogen-bond acceptors (Lipinski definition) is 1. The summed E-state index contributed by atoms with van der Waals surface area (Å²) in [6, 6.07) is 0.786. The van der Waals surface area contributed by atoms with Crippen LogP contribution in [0, 0.1) is 0 Å². The largest absolute Gasteiger partial charge is 0.314 e. The fourth-order valence-electron chi connectivity index (χ4n) is 1.03. The van der Waals surface area contributed by atoms with Crippen LogP contribution in [0.4, 0.5) is 0 Å². The van der Waals surface area contributed by atoms with Crippen LogP contribution in [0.25, 0.3) is 0 Å². The van der Waals surface area contributed by atoms with Crippen LogP contribution in [0.2, 0.25) is 0 Å². The molecule has 0 bridgehead atoms. The molecule has 1 aliphatic rings. The first-order valence-electron chi connectivity index (χ1n) is 3.13. The zero-order valence-electron chi connectivity index (χ0n) is 5.48. The molecule has 1 N–H and O–H groups in total. The van der Waals surface area contributed by atoms with E-state index in [-0.39, 0.29) is 34.1 Å². The minimum atomic E-state index is 0. The second-order valence-electron chi connectivity index (χ2n) is 2.35. The van der Waals surface area contributed by atoms with Crippen molar-refractivity contribution in [3.8, 4) is 0 Å². The van der Waals surface area contributed by atoms with Crippen molar-refractivity contribution in [1.82, 2.24) is 5.32 Å². The summed E-state index contributed by atoms with van der Waals surface area (Å²) in [5, 5.41) is 3.38. The fourth-order valence-corrected chi connectivity index (χ4v) is 1.03. The Hall–Kier alpha value is 1.06. The summed E-state index contributed by atoms with van der Waals surface area (Å²) in [5.41, 5.74) is 0. The van der Waals surface area contributed by atoms with Crippen molar-refractivity contribution in [2.75, 3.05) is 6.54 Å². The number of rotatable bonds is 0. The monoisotopic (exact) mass is 190 g/mol. The second kappa shape index (κ2) is 4.90. The van der Waals surface area contributed by atoms with Crippen LogP contribution in [0.5, 0.6) is 0 Å². The Morgan fingerprint density at radius 3 is 2.50 bits per heavy atom. The first kappa shape index (κ1) is 9.06. The molecule has 0 amide bonds. The molecule has 0 spiro atoms. The van der Waals surface area contributed by atoms with E-state index in [4.69, 9.17) is 0 Å². The average Bonchev–Trinajstić information content (AvgIpc) is 1.69. The van der Waals surface area contributed by atoms with Crippen LogP contribution in [-0.4, -0.2) is 12.6 Å². The Labute approximate surface area is 78.0 Å². The van der Waals surface area contributed by atoms with Gasteiger partial charge in [0.15, 0.2) is 0 Å². The van der Waals surface area contributed by atoms with Crippen LogP contribution in [0.3, 0.4) is 0 Å². The van der Waals surface area contributed by atoms with Gasteiger partial charge in [-0.1, -0.05) is 6.42 Å². The topological polar surface area (TPSA) is 12.0 Å². The molecule has 8 heavy (non-hydrogen) atoms. The van der Waals surface area contributed by atoms with Crippen molar-refractivity contribution in [1.29, 1.82) is 0 Å². The van der Waals surface area contributed by atoms with E-state index in [9.17, 15) is 0 Å². The molecule has 0 aromatic heterocycles. The van der Waals surface area contributed by atoms with E-state index in [1.807, 2.05) is 0 Å². The van der Waals surface area contributed by atoms with Crippen molar-refractivity contribution >= 4 is 0 Å². The molecule has 1 unspecified atom stereocenters. The molecule has 1 fully saturated rings. The van der Waals surface area contributed by atoms with Gasteiger partial charge in [0.25, 0.3) is 0 Å². The molecule has 0 saturated carbocycles. The maximum atomic E-state index is 3.38. The zero-order chi connectivity index (χ0) is 5.11. The molecule has 1 radical (unpaired) electrons. The third-order valence-corrected chi connectivity index (χ3v) is 1.56. The molecular formula is C6H15NY. The van der Waals surface area contributed by atoms with Crippen LogP contribution < -0.4 is 5.32 Å². The van der Waals surface area contributed by atoms with Crippen molar-refractivity contribution < 1.29 is 34.1 Å². The van der Waals surface area contributed by atoms with Gasteiger partial charge >= 0.3 is 0 Å². The normalized spacial score (nSPS) is 28.9. The Bertz CT molecular complexity index is 55.0. The minimum Gasteiger partial charge on any atom is -0.314 e. The van der Waals surface area contributed by atoms with Crippen molar-refractivity contribution in [2.45, 2.75) is 32.2 Å². The molecule has 0 aromatic carbocycles. The van der Waals surface area contributed by atoms with Gasteiger partial charge in [-0.15, -0.1) is 0 Å². The third kappa shape index (κ3) is 3.16. The Morgan fingerprint density at radius 1 is 1.50 bits per heavy atom. The summed E-state index contributed by atoms with van der Waals surface area (Å²) in [6.07, 6.45) is 4.18. The summed E-state index contributed by atoms with van der Waals surface area (Å²) in [7, 11) is 0. The van der Waals surface area contributed by atoms with Gasteiger partial charge in [-0.2, -0.15) is 0 Å². The van der Waals surface area contributed by atoms with Gasteiger partial charge in [-0.3, -0.25) is 0 Å². The summed E-state index contributed by atoms with van der Waals surface area (Å²) in [4.78, 5) is 0. The van der Waals surface area contributed by atoms with Crippen LogP contribution in [-0.2, 0) is 32.7 Å². The van der Waals surface area contributed by atoms with E-state index in [0.29, 0.717) is 0 Å². The molecule has 1 rings (SSSR count). The number of hydrogen-bond donors (Lipinski definition) is 1. The van der Waals surface area contributed by atoms with Gasteiger partial charge in [0.05, 0.1) is 0 Å². The molecular weight excluding hydrogens is 175 g/mol. The van der Waals surface area contributed by atoms with Gasteiger partial charge in [0.1, 0.15) is 0 Å². The predicted molar refractivity (Wildman–Crippen MR) is 33.4 cm³/mol. The smallest absolute Gasteiger partial charge is 0.00387 e. The van der Waals surface area contributed by atoms with Crippen molar-refractivity contribution in [3.05, 3.63) is 0 Å². The van der Waals surface area contributed by atoms with Gasteiger partial charge in [-0.25, -0.2) is 0 Å². The van der Waals surface area contributed by atoms with E-state index in [1.54, 1.807) is 0 Å². The van der Waals surface area contributed by atoms with Crippen LogP contribution in [0.1, 0.15) is 27.6 Å². The van der Waals surface area contributed by atoms with Gasteiger partial charge < -0.3 is 5.32 Å². The fraction of sp³-hybridized carbons (Fsp3) is 1.00. The van der Waals surface area contributed by atoms with Crippen molar-refractivity contribution in [2.24, 2.45) is 0 Å². The molecule has 1 heterocycles. The third-order valence-electron chi connectivity index (χ3n) is 1.56.